The molecule has 0 aromatic heterocycles. The fraction of sp³-hybridized carbons (Fsp3) is 0.588. The van der Waals surface area contributed by atoms with Crippen LogP contribution in [0.5, 0.6) is 0 Å². The maximum atomic E-state index is 13.5. The van der Waals surface area contributed by atoms with Crippen LogP contribution < -0.4 is 5.73 Å². The molecule has 0 aliphatic heterocycles. The van der Waals surface area contributed by atoms with Crippen molar-refractivity contribution in [3.8, 4) is 0 Å². The van der Waals surface area contributed by atoms with Crippen molar-refractivity contribution in [3.05, 3.63) is 35.6 Å². The van der Waals surface area contributed by atoms with E-state index in [9.17, 15) is 14.3 Å². The molecule has 0 saturated carbocycles. The lowest BCUT2D eigenvalue weighted by Gasteiger charge is -2.32. The van der Waals surface area contributed by atoms with Gasteiger partial charge in [0.1, 0.15) is 11.2 Å². The molecule has 21 heavy (non-hydrogen) atoms. The number of halogens is 1. The molecule has 0 bridgehead atoms. The fourth-order valence-corrected chi connectivity index (χ4v) is 2.84. The van der Waals surface area contributed by atoms with Crippen molar-refractivity contribution in [2.45, 2.75) is 51.4 Å². The molecule has 0 heterocycles. The Kier molecular flexibility index (Phi) is 6.82. The van der Waals surface area contributed by atoms with Gasteiger partial charge in [-0.05, 0) is 30.0 Å². The first-order chi connectivity index (χ1) is 10.00. The van der Waals surface area contributed by atoms with Crippen LogP contribution in [-0.2, 0) is 10.2 Å². The zero-order valence-electron chi connectivity index (χ0n) is 12.9. The molecular weight excluding hydrogens is 269 g/mol. The molecule has 3 N–H and O–H groups in total. The molecule has 3 nitrogen and oxygen atoms in total. The van der Waals surface area contributed by atoms with E-state index in [-0.39, 0.29) is 12.5 Å². The van der Waals surface area contributed by atoms with Gasteiger partial charge in [-0.3, -0.25) is 4.79 Å². The minimum atomic E-state index is -1.20. The summed E-state index contributed by atoms with van der Waals surface area (Å²) in [4.78, 5) is 11.9. The second-order valence-corrected chi connectivity index (χ2v) is 5.72. The molecule has 1 aromatic rings. The lowest BCUT2D eigenvalue weighted by molar-refractivity contribution is -0.144. The van der Waals surface area contributed by atoms with Crippen LogP contribution in [0.25, 0.3) is 0 Å². The van der Waals surface area contributed by atoms with Gasteiger partial charge in [0.25, 0.3) is 0 Å². The van der Waals surface area contributed by atoms with Gasteiger partial charge in [-0.15, -0.1) is 0 Å². The minimum Gasteiger partial charge on any atom is -0.481 e. The normalized spacial score (nSPS) is 15.4. The van der Waals surface area contributed by atoms with Gasteiger partial charge in [-0.2, -0.15) is 0 Å². The second kappa shape index (κ2) is 8.13. The van der Waals surface area contributed by atoms with Crippen LogP contribution in [-0.4, -0.2) is 17.6 Å². The van der Waals surface area contributed by atoms with Gasteiger partial charge in [0.05, 0.1) is 0 Å². The molecule has 0 radical (unpaired) electrons. The zero-order chi connectivity index (χ0) is 15.9. The Morgan fingerprint density at radius 2 is 2.14 bits per heavy atom. The molecule has 0 aliphatic carbocycles. The van der Waals surface area contributed by atoms with Gasteiger partial charge in [0, 0.05) is 6.54 Å². The predicted octanol–water partition coefficient (Wildman–Crippen LogP) is 3.71. The summed E-state index contributed by atoms with van der Waals surface area (Å²) in [6.45, 7) is 4.16. The van der Waals surface area contributed by atoms with E-state index in [1.807, 2.05) is 0 Å². The number of carboxylic acid groups (broad SMARTS) is 1. The van der Waals surface area contributed by atoms with Crippen LogP contribution >= 0.6 is 0 Å². The van der Waals surface area contributed by atoms with Crippen LogP contribution in [0.1, 0.15) is 51.5 Å². The van der Waals surface area contributed by atoms with Crippen molar-refractivity contribution < 1.29 is 14.3 Å². The summed E-state index contributed by atoms with van der Waals surface area (Å²) in [5, 5.41) is 9.74. The van der Waals surface area contributed by atoms with Gasteiger partial charge in [0.15, 0.2) is 0 Å². The van der Waals surface area contributed by atoms with Crippen LogP contribution in [0, 0.1) is 11.7 Å². The van der Waals surface area contributed by atoms with Gasteiger partial charge < -0.3 is 10.8 Å². The molecular formula is C17H26FNO2. The Morgan fingerprint density at radius 3 is 2.62 bits per heavy atom. The van der Waals surface area contributed by atoms with Crippen LogP contribution in [0.4, 0.5) is 4.39 Å². The van der Waals surface area contributed by atoms with Gasteiger partial charge in [0.2, 0.25) is 0 Å². The quantitative estimate of drug-likeness (QED) is 0.730. The molecule has 1 rings (SSSR count). The number of benzene rings is 1. The van der Waals surface area contributed by atoms with E-state index in [4.69, 9.17) is 5.73 Å². The van der Waals surface area contributed by atoms with Gasteiger partial charge in [-0.25, -0.2) is 4.39 Å². The molecule has 1 aromatic carbocycles. The average molecular weight is 295 g/mol. The molecule has 0 saturated heterocycles. The molecule has 0 amide bonds. The monoisotopic (exact) mass is 295 g/mol. The molecule has 2 unspecified atom stereocenters. The number of carboxylic acids is 1. The van der Waals surface area contributed by atoms with Gasteiger partial charge >= 0.3 is 5.97 Å². The van der Waals surface area contributed by atoms with E-state index in [1.165, 1.54) is 12.1 Å². The average Bonchev–Trinajstić information content (AvgIpc) is 2.47. The third-order valence-electron chi connectivity index (χ3n) is 4.32. The third kappa shape index (κ3) is 4.27. The maximum absolute atomic E-state index is 13.5. The number of hydrogen-bond acceptors (Lipinski definition) is 2. The standard InChI is InChI=1S/C17H26FNO2/c1-3-5-7-13(4-2)11-17(12-19,16(20)21)14-8-6-9-15(18)10-14/h6,8-10,13H,3-5,7,11-12,19H2,1-2H3,(H,20,21). The third-order valence-corrected chi connectivity index (χ3v) is 4.32. The van der Waals surface area contributed by atoms with Crippen LogP contribution in [0.15, 0.2) is 24.3 Å². The number of unbranched alkanes of at least 4 members (excludes halogenated alkanes) is 1. The van der Waals surface area contributed by atoms with Crippen LogP contribution in [0.2, 0.25) is 0 Å². The number of rotatable bonds is 9. The largest absolute Gasteiger partial charge is 0.481 e. The van der Waals surface area contributed by atoms with Crippen molar-refractivity contribution in [3.63, 3.8) is 0 Å². The summed E-state index contributed by atoms with van der Waals surface area (Å²) in [6.07, 6.45) is 4.50. The van der Waals surface area contributed by atoms with E-state index in [0.29, 0.717) is 12.0 Å². The Morgan fingerprint density at radius 1 is 1.43 bits per heavy atom. The highest BCUT2D eigenvalue weighted by Crippen LogP contribution is 2.34. The Hall–Kier alpha value is -1.42. The summed E-state index contributed by atoms with van der Waals surface area (Å²) in [7, 11) is 0. The first kappa shape index (κ1) is 17.6. The summed E-state index contributed by atoms with van der Waals surface area (Å²) in [5.74, 6) is -1.11. The van der Waals surface area contributed by atoms with E-state index < -0.39 is 17.2 Å². The fourth-order valence-electron chi connectivity index (χ4n) is 2.84. The highest BCUT2D eigenvalue weighted by molar-refractivity contribution is 5.81. The van der Waals surface area contributed by atoms with Crippen LogP contribution in [0.3, 0.4) is 0 Å². The molecule has 0 fully saturated rings. The van der Waals surface area contributed by atoms with Crippen molar-refractivity contribution in [2.75, 3.05) is 6.54 Å². The SMILES string of the molecule is CCCCC(CC)CC(CN)(C(=O)O)c1cccc(F)c1. The van der Waals surface area contributed by atoms with E-state index >= 15 is 0 Å². The molecule has 4 heteroatoms. The maximum Gasteiger partial charge on any atom is 0.315 e. The van der Waals surface area contributed by atoms with Crippen molar-refractivity contribution >= 4 is 5.97 Å². The summed E-state index contributed by atoms with van der Waals surface area (Å²) >= 11 is 0. The molecule has 118 valence electrons. The first-order valence-electron chi connectivity index (χ1n) is 7.69. The Labute approximate surface area is 126 Å². The number of hydrogen-bond donors (Lipinski definition) is 2. The Balaban J connectivity index is 3.11. The molecule has 0 spiro atoms. The minimum absolute atomic E-state index is 0.0194. The number of aliphatic carboxylic acids is 1. The summed E-state index contributed by atoms with van der Waals surface area (Å²) in [5.41, 5.74) is 5.09. The smallest absolute Gasteiger partial charge is 0.315 e. The van der Waals surface area contributed by atoms with Crippen molar-refractivity contribution in [1.82, 2.24) is 0 Å². The molecule has 0 aliphatic rings. The first-order valence-corrected chi connectivity index (χ1v) is 7.69. The van der Waals surface area contributed by atoms with E-state index in [2.05, 4.69) is 13.8 Å². The summed E-state index contributed by atoms with van der Waals surface area (Å²) in [6, 6.07) is 5.83. The summed E-state index contributed by atoms with van der Waals surface area (Å²) < 4.78 is 13.5. The second-order valence-electron chi connectivity index (χ2n) is 5.72. The van der Waals surface area contributed by atoms with Crippen molar-refractivity contribution in [2.24, 2.45) is 11.7 Å². The lowest BCUT2D eigenvalue weighted by atomic mass is 9.72. The molecule has 2 atom stereocenters. The topological polar surface area (TPSA) is 63.3 Å². The highest BCUT2D eigenvalue weighted by atomic mass is 19.1. The number of carbonyl (C=O) groups is 1. The van der Waals surface area contributed by atoms with E-state index in [1.54, 1.807) is 12.1 Å². The van der Waals surface area contributed by atoms with Crippen molar-refractivity contribution in [1.29, 1.82) is 0 Å². The predicted molar refractivity (Wildman–Crippen MR) is 82.7 cm³/mol. The number of nitrogens with two attached hydrogens (primary N) is 1. The highest BCUT2D eigenvalue weighted by Gasteiger charge is 2.40. The Bertz CT molecular complexity index is 464. The van der Waals surface area contributed by atoms with Gasteiger partial charge in [-0.1, -0.05) is 51.7 Å². The lowest BCUT2D eigenvalue weighted by Crippen LogP contribution is -2.44. The zero-order valence-corrected chi connectivity index (χ0v) is 12.9. The van der Waals surface area contributed by atoms with E-state index in [0.717, 1.165) is 25.7 Å².